The molecule has 13 heavy (non-hydrogen) atoms. The van der Waals surface area contributed by atoms with Crippen LogP contribution in [-0.2, 0) is 0 Å². The van der Waals surface area contributed by atoms with E-state index in [1.807, 2.05) is 23.9 Å². The van der Waals surface area contributed by atoms with Gasteiger partial charge in [-0.25, -0.2) is 0 Å². The van der Waals surface area contributed by atoms with Gasteiger partial charge in [0.05, 0.1) is 0 Å². The molecule has 3 heteroatoms. The second-order valence-corrected chi connectivity index (χ2v) is 4.24. The molecule has 2 nitrogen and oxygen atoms in total. The van der Waals surface area contributed by atoms with Crippen LogP contribution in [0.25, 0.3) is 0 Å². The molecule has 1 N–H and O–H groups in total. The largest absolute Gasteiger partial charge is 0.303 e. The molecule has 1 atom stereocenters. The highest BCUT2D eigenvalue weighted by atomic mass is 32.2. The monoisotopic (exact) mass is 198 g/mol. The van der Waals surface area contributed by atoms with Crippen LogP contribution in [0.1, 0.15) is 0 Å². The van der Waals surface area contributed by atoms with Crippen molar-refractivity contribution >= 4 is 11.8 Å². The van der Waals surface area contributed by atoms with Crippen LogP contribution in [0.3, 0.4) is 0 Å². The van der Waals surface area contributed by atoms with E-state index in [1.54, 1.807) is 0 Å². The zero-order valence-corrected chi connectivity index (χ0v) is 8.85. The van der Waals surface area contributed by atoms with E-state index in [0.29, 0.717) is 6.04 Å². The van der Waals surface area contributed by atoms with Crippen LogP contribution >= 0.6 is 11.8 Å². The van der Waals surface area contributed by atoms with Crippen LogP contribution in [0.2, 0.25) is 0 Å². The summed E-state index contributed by atoms with van der Waals surface area (Å²) in [6.07, 6.45) is 3.90. The van der Waals surface area contributed by atoms with Gasteiger partial charge in [0, 0.05) is 37.3 Å². The number of nitrogens with zero attached hydrogens (tertiary/aromatic N) is 1. The SMILES string of the molecule is C=CCN(CC=C)CC1CSCN1. The number of hydrogen-bond acceptors (Lipinski definition) is 3. The minimum Gasteiger partial charge on any atom is -0.303 e. The first kappa shape index (κ1) is 10.8. The van der Waals surface area contributed by atoms with Gasteiger partial charge in [-0.05, 0) is 0 Å². The quantitative estimate of drug-likeness (QED) is 0.648. The molecule has 0 amide bonds. The molecule has 0 bridgehead atoms. The Morgan fingerprint density at radius 1 is 1.38 bits per heavy atom. The van der Waals surface area contributed by atoms with Crippen molar-refractivity contribution in [1.29, 1.82) is 0 Å². The van der Waals surface area contributed by atoms with Gasteiger partial charge >= 0.3 is 0 Å². The summed E-state index contributed by atoms with van der Waals surface area (Å²) < 4.78 is 0. The Morgan fingerprint density at radius 2 is 2.08 bits per heavy atom. The topological polar surface area (TPSA) is 15.3 Å². The fourth-order valence-corrected chi connectivity index (χ4v) is 2.43. The maximum absolute atomic E-state index is 3.76. The van der Waals surface area contributed by atoms with Crippen molar-refractivity contribution in [3.63, 3.8) is 0 Å². The van der Waals surface area contributed by atoms with Gasteiger partial charge in [0.15, 0.2) is 0 Å². The molecular weight excluding hydrogens is 180 g/mol. The number of nitrogens with one attached hydrogen (secondary N) is 1. The van der Waals surface area contributed by atoms with Gasteiger partial charge in [0.25, 0.3) is 0 Å². The van der Waals surface area contributed by atoms with E-state index in [2.05, 4.69) is 23.4 Å². The van der Waals surface area contributed by atoms with Crippen molar-refractivity contribution in [2.75, 3.05) is 31.3 Å². The molecule has 0 aromatic heterocycles. The van der Waals surface area contributed by atoms with Gasteiger partial charge in [0.1, 0.15) is 0 Å². The average molecular weight is 198 g/mol. The summed E-state index contributed by atoms with van der Waals surface area (Å²) >= 11 is 1.97. The molecule has 0 aliphatic carbocycles. The molecular formula is C10H18N2S. The van der Waals surface area contributed by atoms with E-state index in [0.717, 1.165) is 25.5 Å². The summed E-state index contributed by atoms with van der Waals surface area (Å²) in [5.74, 6) is 2.32. The molecule has 1 unspecified atom stereocenters. The van der Waals surface area contributed by atoms with Crippen molar-refractivity contribution in [3.05, 3.63) is 25.3 Å². The van der Waals surface area contributed by atoms with E-state index >= 15 is 0 Å². The van der Waals surface area contributed by atoms with Crippen LogP contribution in [0.5, 0.6) is 0 Å². The van der Waals surface area contributed by atoms with Crippen LogP contribution in [0, 0.1) is 0 Å². The number of thioether (sulfide) groups is 1. The fraction of sp³-hybridized carbons (Fsp3) is 0.600. The van der Waals surface area contributed by atoms with E-state index in [9.17, 15) is 0 Å². The summed E-state index contributed by atoms with van der Waals surface area (Å²) in [7, 11) is 0. The lowest BCUT2D eigenvalue weighted by atomic mass is 10.3. The highest BCUT2D eigenvalue weighted by molar-refractivity contribution is 7.99. The molecule has 1 saturated heterocycles. The summed E-state index contributed by atoms with van der Waals surface area (Å²) in [5, 5.41) is 3.46. The Hall–Kier alpha value is -0.250. The van der Waals surface area contributed by atoms with Gasteiger partial charge < -0.3 is 5.32 Å². The lowest BCUT2D eigenvalue weighted by Crippen LogP contribution is -2.39. The number of hydrogen-bond donors (Lipinski definition) is 1. The van der Waals surface area contributed by atoms with Crippen LogP contribution in [-0.4, -0.2) is 42.2 Å². The zero-order chi connectivity index (χ0) is 9.52. The lowest BCUT2D eigenvalue weighted by molar-refractivity contribution is 0.307. The standard InChI is InChI=1S/C10H18N2S/c1-3-5-12(6-4-2)7-10-8-13-9-11-10/h3-4,10-11H,1-2,5-9H2. The van der Waals surface area contributed by atoms with Crippen molar-refractivity contribution < 1.29 is 0 Å². The Bertz CT molecular complexity index is 154. The summed E-state index contributed by atoms with van der Waals surface area (Å²) in [4.78, 5) is 2.35. The minimum absolute atomic E-state index is 0.643. The van der Waals surface area contributed by atoms with Crippen molar-refractivity contribution in [1.82, 2.24) is 10.2 Å². The third-order valence-corrected chi connectivity index (χ3v) is 3.06. The summed E-state index contributed by atoms with van der Waals surface area (Å²) in [5.41, 5.74) is 0. The molecule has 1 aliphatic rings. The van der Waals surface area contributed by atoms with Gasteiger partial charge in [-0.2, -0.15) is 0 Å². The smallest absolute Gasteiger partial charge is 0.0421 e. The van der Waals surface area contributed by atoms with Crippen LogP contribution < -0.4 is 5.32 Å². The summed E-state index contributed by atoms with van der Waals surface area (Å²) in [6, 6.07) is 0.643. The summed E-state index contributed by atoms with van der Waals surface area (Å²) in [6.45, 7) is 10.5. The van der Waals surface area contributed by atoms with E-state index in [1.165, 1.54) is 5.75 Å². The third kappa shape index (κ3) is 3.98. The normalized spacial score (nSPS) is 22.1. The zero-order valence-electron chi connectivity index (χ0n) is 8.04. The van der Waals surface area contributed by atoms with Crippen molar-refractivity contribution in [2.45, 2.75) is 6.04 Å². The highest BCUT2D eigenvalue weighted by Gasteiger charge is 2.16. The molecule has 1 heterocycles. The van der Waals surface area contributed by atoms with E-state index in [-0.39, 0.29) is 0 Å². The molecule has 1 rings (SSSR count). The Morgan fingerprint density at radius 3 is 2.54 bits per heavy atom. The maximum Gasteiger partial charge on any atom is 0.0421 e. The molecule has 0 aromatic rings. The number of rotatable bonds is 6. The minimum atomic E-state index is 0.643. The molecule has 0 saturated carbocycles. The molecule has 74 valence electrons. The second kappa shape index (κ2) is 6.24. The molecule has 1 aliphatic heterocycles. The molecule has 0 aromatic carbocycles. The Labute approximate surface area is 85.1 Å². The maximum atomic E-state index is 3.76. The second-order valence-electron chi connectivity index (χ2n) is 3.21. The van der Waals surface area contributed by atoms with E-state index < -0.39 is 0 Å². The molecule has 0 spiro atoms. The van der Waals surface area contributed by atoms with Gasteiger partial charge in [-0.3, -0.25) is 4.90 Å². The van der Waals surface area contributed by atoms with Crippen LogP contribution in [0.4, 0.5) is 0 Å². The van der Waals surface area contributed by atoms with Gasteiger partial charge in [-0.15, -0.1) is 24.9 Å². The first-order valence-electron chi connectivity index (χ1n) is 4.62. The Balaban J connectivity index is 2.26. The third-order valence-electron chi connectivity index (χ3n) is 2.05. The first-order valence-corrected chi connectivity index (χ1v) is 5.77. The highest BCUT2D eigenvalue weighted by Crippen LogP contribution is 2.10. The Kier molecular flexibility index (Phi) is 5.20. The van der Waals surface area contributed by atoms with Gasteiger partial charge in [0.2, 0.25) is 0 Å². The van der Waals surface area contributed by atoms with Crippen LogP contribution in [0.15, 0.2) is 25.3 Å². The predicted octanol–water partition coefficient (Wildman–Crippen LogP) is 1.32. The van der Waals surface area contributed by atoms with E-state index in [4.69, 9.17) is 0 Å². The first-order chi connectivity index (χ1) is 6.36. The predicted molar refractivity (Wildman–Crippen MR) is 61.1 cm³/mol. The molecule has 1 fully saturated rings. The molecule has 0 radical (unpaired) electrons. The fourth-order valence-electron chi connectivity index (χ4n) is 1.45. The average Bonchev–Trinajstić information content (AvgIpc) is 2.58. The van der Waals surface area contributed by atoms with Gasteiger partial charge in [-0.1, -0.05) is 12.2 Å². The van der Waals surface area contributed by atoms with Crippen molar-refractivity contribution in [3.8, 4) is 0 Å². The lowest BCUT2D eigenvalue weighted by Gasteiger charge is -2.22. The van der Waals surface area contributed by atoms with Crippen molar-refractivity contribution in [2.24, 2.45) is 0 Å².